The lowest BCUT2D eigenvalue weighted by molar-refractivity contribution is 0.436. The molecule has 0 spiro atoms. The second kappa shape index (κ2) is 22.2. The van der Waals surface area contributed by atoms with Gasteiger partial charge in [-0.15, -0.1) is 22.7 Å². The number of anilines is 11. The molecule has 0 amide bonds. The highest BCUT2D eigenvalue weighted by Crippen LogP contribution is 2.43. The van der Waals surface area contributed by atoms with Crippen LogP contribution < -0.4 is 19.6 Å². The van der Waals surface area contributed by atoms with Crippen LogP contribution in [0.4, 0.5) is 62.6 Å². The first-order valence-electron chi connectivity index (χ1n) is 26.6. The van der Waals surface area contributed by atoms with Crippen LogP contribution in [-0.4, -0.2) is 6.04 Å². The Morgan fingerprint density at radius 1 is 0.263 bits per heavy atom. The molecule has 76 heavy (non-hydrogen) atoms. The zero-order valence-electron chi connectivity index (χ0n) is 43.0. The van der Waals surface area contributed by atoms with Crippen molar-refractivity contribution in [2.24, 2.45) is 0 Å². The van der Waals surface area contributed by atoms with Gasteiger partial charge < -0.3 is 19.6 Å². The highest BCUT2D eigenvalue weighted by molar-refractivity contribution is 7.15. The predicted octanol–water partition coefficient (Wildman–Crippen LogP) is 21.3. The molecule has 0 aliphatic heterocycles. The van der Waals surface area contributed by atoms with Crippen LogP contribution in [0.25, 0.3) is 32.0 Å². The minimum atomic E-state index is 0.493. The summed E-state index contributed by atoms with van der Waals surface area (Å²) in [5.74, 6) is 0. The summed E-state index contributed by atoms with van der Waals surface area (Å²) < 4.78 is 0. The summed E-state index contributed by atoms with van der Waals surface area (Å²) in [5.41, 5.74) is 17.2. The van der Waals surface area contributed by atoms with Gasteiger partial charge in [0.25, 0.3) is 0 Å². The van der Waals surface area contributed by atoms with E-state index in [-0.39, 0.29) is 0 Å². The van der Waals surface area contributed by atoms with E-state index in [2.05, 4.69) is 294 Å². The zero-order chi connectivity index (χ0) is 51.2. The van der Waals surface area contributed by atoms with E-state index < -0.39 is 0 Å². The van der Waals surface area contributed by atoms with Crippen molar-refractivity contribution in [1.29, 1.82) is 0 Å². The molecule has 0 atom stereocenters. The molecular formula is C70H60N4S2. The number of benzene rings is 9. The molecule has 4 nitrogen and oxygen atoms in total. The van der Waals surface area contributed by atoms with Crippen molar-refractivity contribution in [3.63, 3.8) is 0 Å². The van der Waals surface area contributed by atoms with E-state index in [1.54, 1.807) is 0 Å². The van der Waals surface area contributed by atoms with Crippen LogP contribution in [-0.2, 0) is 0 Å². The van der Waals surface area contributed by atoms with Crippen LogP contribution >= 0.6 is 22.7 Å². The van der Waals surface area contributed by atoms with Crippen molar-refractivity contribution in [3.05, 3.63) is 271 Å². The van der Waals surface area contributed by atoms with Crippen LogP contribution in [0.15, 0.2) is 261 Å². The molecular weight excluding hydrogens is 961 g/mol. The standard InChI is InChI=1S/C70H60N4S2/c1-51-23-49-69(75-51)55-29-37-63(38-30-55)73(67-45-41-65(42-46-67)71(57-15-7-3-8-16-57)58-17-9-4-10-18-58)61-33-25-53(26-34-61)54-27-35-62(36-28-54)74(64-39-31-56(32-40-64)70-50-24-52(2)76-70)68-47-43-66(44-48-68)72(59-19-11-5-12-20-59)60-21-13-6-14-22-60/h3-5,7-12,15-20,23-50,60H,6,13-14,21-22H2,1-2H3. The number of aryl methyl sites for hydroxylation is 2. The van der Waals surface area contributed by atoms with Crippen LogP contribution in [0.3, 0.4) is 0 Å². The van der Waals surface area contributed by atoms with Crippen molar-refractivity contribution < 1.29 is 0 Å². The maximum absolute atomic E-state index is 2.58. The number of para-hydroxylation sites is 3. The second-order valence-electron chi connectivity index (χ2n) is 19.7. The molecule has 1 aliphatic carbocycles. The monoisotopic (exact) mass is 1020 g/mol. The largest absolute Gasteiger partial charge is 0.338 e. The lowest BCUT2D eigenvalue weighted by atomic mass is 9.93. The Labute approximate surface area is 456 Å². The van der Waals surface area contributed by atoms with Gasteiger partial charge in [0.15, 0.2) is 0 Å². The number of nitrogens with zero attached hydrogens (tertiary/aromatic N) is 4. The van der Waals surface area contributed by atoms with Crippen LogP contribution in [0, 0.1) is 13.8 Å². The van der Waals surface area contributed by atoms with Gasteiger partial charge in [-0.1, -0.05) is 122 Å². The fourth-order valence-corrected chi connectivity index (χ4v) is 12.6. The molecule has 0 unspecified atom stereocenters. The molecule has 2 heterocycles. The Bertz CT molecular complexity index is 3570. The molecule has 0 bridgehead atoms. The maximum atomic E-state index is 2.58. The average Bonchev–Trinajstić information content (AvgIpc) is 4.15. The molecule has 0 N–H and O–H groups in total. The van der Waals surface area contributed by atoms with Gasteiger partial charge in [-0.05, 0) is 207 Å². The van der Waals surface area contributed by atoms with Gasteiger partial charge in [-0.3, -0.25) is 0 Å². The third-order valence-corrected chi connectivity index (χ3v) is 16.7. The molecule has 12 rings (SSSR count). The number of thiophene rings is 2. The van der Waals surface area contributed by atoms with E-state index in [4.69, 9.17) is 0 Å². The zero-order valence-corrected chi connectivity index (χ0v) is 44.7. The van der Waals surface area contributed by atoms with Crippen molar-refractivity contribution in [1.82, 2.24) is 0 Å². The molecule has 2 aromatic heterocycles. The molecule has 1 fully saturated rings. The van der Waals surface area contributed by atoms with Crippen molar-refractivity contribution >= 4 is 85.2 Å². The van der Waals surface area contributed by atoms with E-state index in [0.29, 0.717) is 6.04 Å². The van der Waals surface area contributed by atoms with E-state index in [1.807, 2.05) is 22.7 Å². The second-order valence-corrected chi connectivity index (χ2v) is 22.3. The fourth-order valence-electron chi connectivity index (χ4n) is 10.8. The Kier molecular flexibility index (Phi) is 14.2. The molecule has 1 aliphatic rings. The first-order valence-corrected chi connectivity index (χ1v) is 28.2. The lowest BCUT2D eigenvalue weighted by Crippen LogP contribution is -2.32. The number of hydrogen-bond donors (Lipinski definition) is 0. The summed E-state index contributed by atoms with van der Waals surface area (Å²) in [6.45, 7) is 4.34. The Balaban J connectivity index is 0.863. The predicted molar refractivity (Wildman–Crippen MR) is 327 cm³/mol. The Morgan fingerprint density at radius 2 is 0.526 bits per heavy atom. The van der Waals surface area contributed by atoms with Crippen LogP contribution in [0.1, 0.15) is 41.9 Å². The average molecular weight is 1020 g/mol. The minimum Gasteiger partial charge on any atom is -0.338 e. The molecule has 1 saturated carbocycles. The highest BCUT2D eigenvalue weighted by atomic mass is 32.1. The number of hydrogen-bond acceptors (Lipinski definition) is 6. The quantitative estimate of drug-likeness (QED) is 0.101. The summed E-state index contributed by atoms with van der Waals surface area (Å²) >= 11 is 3.67. The van der Waals surface area contributed by atoms with E-state index in [9.17, 15) is 0 Å². The lowest BCUT2D eigenvalue weighted by Gasteiger charge is -2.36. The molecule has 0 saturated heterocycles. The van der Waals surface area contributed by atoms with Crippen LogP contribution in [0.5, 0.6) is 0 Å². The summed E-state index contributed by atoms with van der Waals surface area (Å²) in [5, 5.41) is 0. The fraction of sp³-hybridized carbons (Fsp3) is 0.114. The normalized spacial score (nSPS) is 12.6. The Morgan fingerprint density at radius 3 is 0.842 bits per heavy atom. The van der Waals surface area contributed by atoms with Gasteiger partial charge in [-0.2, -0.15) is 0 Å². The molecule has 6 heteroatoms. The highest BCUT2D eigenvalue weighted by Gasteiger charge is 2.24. The first-order chi connectivity index (χ1) is 37.5. The SMILES string of the molecule is Cc1ccc(-c2ccc(N(c3ccc(-c4ccc(N(c5ccc(-c6ccc(C)s6)cc5)c5ccc(N(c6ccccc6)C6CCCCC6)cc5)cc4)cc3)c3ccc(N(c4ccccc4)c4ccccc4)cc3)cc2)s1. The van der Waals surface area contributed by atoms with Gasteiger partial charge in [0.2, 0.25) is 0 Å². The van der Waals surface area contributed by atoms with E-state index in [0.717, 1.165) is 62.3 Å². The third-order valence-electron chi connectivity index (χ3n) is 14.6. The van der Waals surface area contributed by atoms with Crippen molar-refractivity contribution in [3.8, 4) is 32.0 Å². The van der Waals surface area contributed by atoms with Gasteiger partial charge in [0.1, 0.15) is 0 Å². The first kappa shape index (κ1) is 48.5. The molecule has 372 valence electrons. The smallest absolute Gasteiger partial charge is 0.0463 e. The summed E-state index contributed by atoms with van der Waals surface area (Å²) in [6, 6.07) is 95.8. The van der Waals surface area contributed by atoms with Crippen molar-refractivity contribution in [2.45, 2.75) is 52.0 Å². The molecule has 9 aromatic carbocycles. The maximum Gasteiger partial charge on any atom is 0.0463 e. The third kappa shape index (κ3) is 10.5. The van der Waals surface area contributed by atoms with Gasteiger partial charge in [-0.25, -0.2) is 0 Å². The molecule has 0 radical (unpaired) electrons. The summed E-state index contributed by atoms with van der Waals surface area (Å²) in [4.78, 5) is 14.8. The van der Waals surface area contributed by atoms with Crippen molar-refractivity contribution in [2.75, 3.05) is 19.6 Å². The van der Waals surface area contributed by atoms with Crippen LogP contribution in [0.2, 0.25) is 0 Å². The summed E-state index contributed by atoms with van der Waals surface area (Å²) in [6.07, 6.45) is 6.32. The summed E-state index contributed by atoms with van der Waals surface area (Å²) in [7, 11) is 0. The Hall–Kier alpha value is -8.42. The van der Waals surface area contributed by atoms with Gasteiger partial charge >= 0.3 is 0 Å². The van der Waals surface area contributed by atoms with E-state index in [1.165, 1.54) is 74.1 Å². The van der Waals surface area contributed by atoms with Gasteiger partial charge in [0, 0.05) is 88.1 Å². The molecule has 11 aromatic rings. The topological polar surface area (TPSA) is 13.0 Å². The minimum absolute atomic E-state index is 0.493. The van der Waals surface area contributed by atoms with Gasteiger partial charge in [0.05, 0.1) is 0 Å². The number of rotatable bonds is 15. The van der Waals surface area contributed by atoms with E-state index >= 15 is 0 Å².